The third-order valence-electron chi connectivity index (χ3n) is 4.02. The third kappa shape index (κ3) is 3.69. The van der Waals surface area contributed by atoms with E-state index in [1.54, 1.807) is 0 Å². The molecule has 0 spiro atoms. The molecule has 3 atom stereocenters. The fraction of sp³-hybridized carbons (Fsp3) is 0.929. The minimum atomic E-state index is -0.0606. The van der Waals surface area contributed by atoms with Gasteiger partial charge >= 0.3 is 0 Å². The molecule has 1 rings (SSSR count). The van der Waals surface area contributed by atoms with Crippen molar-refractivity contribution in [2.45, 2.75) is 65.1 Å². The highest BCUT2D eigenvalue weighted by Gasteiger charge is 2.34. The number of likely N-dealkylation sites (N-methyl/N-ethyl adjacent to an activating group) is 1. The Morgan fingerprint density at radius 1 is 1.39 bits per heavy atom. The molecule has 0 aromatic carbocycles. The van der Waals surface area contributed by atoms with Crippen molar-refractivity contribution in [2.24, 2.45) is 11.7 Å². The zero-order chi connectivity index (χ0) is 13.7. The minimum absolute atomic E-state index is 0.0606. The van der Waals surface area contributed by atoms with E-state index in [0.717, 1.165) is 13.1 Å². The van der Waals surface area contributed by atoms with Crippen molar-refractivity contribution in [1.29, 1.82) is 0 Å². The lowest BCUT2D eigenvalue weighted by Crippen LogP contribution is -2.52. The summed E-state index contributed by atoms with van der Waals surface area (Å²) in [6, 6.07) is 0.620. The van der Waals surface area contributed by atoms with Gasteiger partial charge in [0.1, 0.15) is 0 Å². The highest BCUT2D eigenvalue weighted by molar-refractivity contribution is 5.81. The van der Waals surface area contributed by atoms with Crippen molar-refractivity contribution in [2.75, 3.05) is 13.1 Å². The maximum absolute atomic E-state index is 12.1. The second kappa shape index (κ2) is 7.10. The van der Waals surface area contributed by atoms with Crippen molar-refractivity contribution in [1.82, 2.24) is 10.2 Å². The second-order valence-electron chi connectivity index (χ2n) is 5.66. The molecule has 1 saturated carbocycles. The van der Waals surface area contributed by atoms with Crippen LogP contribution in [0.25, 0.3) is 0 Å². The molecule has 0 heterocycles. The fourth-order valence-electron chi connectivity index (χ4n) is 3.08. The molecule has 4 nitrogen and oxygen atoms in total. The van der Waals surface area contributed by atoms with E-state index < -0.39 is 0 Å². The molecule has 0 radical (unpaired) electrons. The Kier molecular flexibility index (Phi) is 6.09. The minimum Gasteiger partial charge on any atom is -0.353 e. The summed E-state index contributed by atoms with van der Waals surface area (Å²) in [4.78, 5) is 14.4. The first kappa shape index (κ1) is 15.4. The lowest BCUT2D eigenvalue weighted by Gasteiger charge is -2.36. The summed E-state index contributed by atoms with van der Waals surface area (Å²) in [5.74, 6) is 0.689. The number of hydrogen-bond donors (Lipinski definition) is 2. The smallest absolute Gasteiger partial charge is 0.237 e. The Morgan fingerprint density at radius 3 is 2.56 bits per heavy atom. The zero-order valence-corrected chi connectivity index (χ0v) is 12.3. The van der Waals surface area contributed by atoms with Gasteiger partial charge in [0.2, 0.25) is 5.91 Å². The summed E-state index contributed by atoms with van der Waals surface area (Å²) in [6.07, 6.45) is 3.62. The summed E-state index contributed by atoms with van der Waals surface area (Å²) < 4.78 is 0. The van der Waals surface area contributed by atoms with E-state index in [2.05, 4.69) is 17.1 Å². The molecular weight excluding hydrogens is 226 g/mol. The molecule has 18 heavy (non-hydrogen) atoms. The van der Waals surface area contributed by atoms with Gasteiger partial charge in [-0.1, -0.05) is 13.3 Å². The quantitative estimate of drug-likeness (QED) is 0.753. The van der Waals surface area contributed by atoms with E-state index in [1.807, 2.05) is 20.8 Å². The second-order valence-corrected chi connectivity index (χ2v) is 5.66. The average molecular weight is 255 g/mol. The van der Waals surface area contributed by atoms with Gasteiger partial charge in [0.05, 0.1) is 6.04 Å². The predicted octanol–water partition coefficient (Wildman–Crippen LogP) is 1.35. The molecule has 3 unspecified atom stereocenters. The van der Waals surface area contributed by atoms with E-state index in [4.69, 9.17) is 5.73 Å². The number of amides is 1. The topological polar surface area (TPSA) is 58.4 Å². The Labute approximate surface area is 111 Å². The summed E-state index contributed by atoms with van der Waals surface area (Å²) in [5, 5.41) is 3.00. The molecule has 106 valence electrons. The number of rotatable bonds is 6. The maximum Gasteiger partial charge on any atom is 0.237 e. The Bertz CT molecular complexity index is 268. The van der Waals surface area contributed by atoms with Crippen LogP contribution in [0.5, 0.6) is 0 Å². The molecule has 0 bridgehead atoms. The summed E-state index contributed by atoms with van der Waals surface area (Å²) in [5.41, 5.74) is 5.85. The Morgan fingerprint density at radius 2 is 2.06 bits per heavy atom. The molecule has 0 aromatic rings. The van der Waals surface area contributed by atoms with Crippen LogP contribution in [0.4, 0.5) is 0 Å². The number of carbonyl (C=O) groups excluding carboxylic acids is 1. The lowest BCUT2D eigenvalue weighted by atomic mass is 10.0. The van der Waals surface area contributed by atoms with E-state index in [1.165, 1.54) is 19.3 Å². The maximum atomic E-state index is 12.1. The van der Waals surface area contributed by atoms with E-state index in [-0.39, 0.29) is 18.0 Å². The van der Waals surface area contributed by atoms with Gasteiger partial charge < -0.3 is 11.1 Å². The van der Waals surface area contributed by atoms with Crippen molar-refractivity contribution < 1.29 is 4.79 Å². The number of carbonyl (C=O) groups is 1. The first-order chi connectivity index (χ1) is 8.51. The van der Waals surface area contributed by atoms with Gasteiger partial charge in [-0.05, 0) is 52.6 Å². The van der Waals surface area contributed by atoms with Gasteiger partial charge in [-0.25, -0.2) is 0 Å². The normalized spacial score (nSPS) is 25.7. The first-order valence-corrected chi connectivity index (χ1v) is 7.27. The van der Waals surface area contributed by atoms with Crippen molar-refractivity contribution >= 4 is 5.91 Å². The fourth-order valence-corrected chi connectivity index (χ4v) is 3.08. The molecule has 1 aliphatic carbocycles. The molecule has 1 fully saturated rings. The summed E-state index contributed by atoms with van der Waals surface area (Å²) >= 11 is 0. The zero-order valence-electron chi connectivity index (χ0n) is 12.3. The summed E-state index contributed by atoms with van der Waals surface area (Å²) in [7, 11) is 0. The molecule has 1 aliphatic rings. The number of nitrogens with two attached hydrogens (primary N) is 1. The highest BCUT2D eigenvalue weighted by atomic mass is 16.2. The van der Waals surface area contributed by atoms with E-state index >= 15 is 0 Å². The van der Waals surface area contributed by atoms with Crippen LogP contribution in [0, 0.1) is 5.92 Å². The third-order valence-corrected chi connectivity index (χ3v) is 4.02. The highest BCUT2D eigenvalue weighted by Crippen LogP contribution is 2.30. The Hall–Kier alpha value is -0.610. The van der Waals surface area contributed by atoms with Crippen molar-refractivity contribution in [3.8, 4) is 0 Å². The predicted molar refractivity (Wildman–Crippen MR) is 75.3 cm³/mol. The van der Waals surface area contributed by atoms with E-state index in [0.29, 0.717) is 12.0 Å². The molecule has 1 amide bonds. The van der Waals surface area contributed by atoms with Crippen LogP contribution in [0.15, 0.2) is 0 Å². The van der Waals surface area contributed by atoms with Crippen molar-refractivity contribution in [3.63, 3.8) is 0 Å². The van der Waals surface area contributed by atoms with Gasteiger partial charge in [-0.2, -0.15) is 0 Å². The van der Waals surface area contributed by atoms with E-state index in [9.17, 15) is 4.79 Å². The number of nitrogens with one attached hydrogen (secondary N) is 1. The molecule has 0 aliphatic heterocycles. The molecule has 0 aromatic heterocycles. The van der Waals surface area contributed by atoms with Gasteiger partial charge in [-0.3, -0.25) is 9.69 Å². The first-order valence-electron chi connectivity index (χ1n) is 7.27. The largest absolute Gasteiger partial charge is 0.353 e. The van der Waals surface area contributed by atoms with Gasteiger partial charge in [-0.15, -0.1) is 0 Å². The van der Waals surface area contributed by atoms with Crippen LogP contribution in [-0.2, 0) is 4.79 Å². The van der Waals surface area contributed by atoms with Crippen molar-refractivity contribution in [3.05, 3.63) is 0 Å². The van der Waals surface area contributed by atoms with Crippen LogP contribution in [-0.4, -0.2) is 42.0 Å². The molecule has 0 saturated heterocycles. The van der Waals surface area contributed by atoms with Crippen LogP contribution >= 0.6 is 0 Å². The monoisotopic (exact) mass is 255 g/mol. The van der Waals surface area contributed by atoms with Crippen LogP contribution < -0.4 is 11.1 Å². The van der Waals surface area contributed by atoms with Crippen LogP contribution in [0.3, 0.4) is 0 Å². The summed E-state index contributed by atoms with van der Waals surface area (Å²) in [6.45, 7) is 9.78. The molecular formula is C14H29N3O. The van der Waals surface area contributed by atoms with Crippen LogP contribution in [0.1, 0.15) is 47.0 Å². The Balaban J connectivity index is 2.67. The van der Waals surface area contributed by atoms with Gasteiger partial charge in [0.15, 0.2) is 0 Å². The lowest BCUT2D eigenvalue weighted by molar-refractivity contribution is -0.127. The van der Waals surface area contributed by atoms with Gasteiger partial charge in [0, 0.05) is 12.1 Å². The standard InChI is InChI=1S/C14H29N3O/c1-5-17(11(4)14(18)16-10(2)3)13-8-6-7-12(13)9-15/h10-13H,5-9,15H2,1-4H3,(H,16,18). The number of hydrogen-bond acceptors (Lipinski definition) is 3. The molecule has 4 heteroatoms. The van der Waals surface area contributed by atoms with Gasteiger partial charge in [0.25, 0.3) is 0 Å². The van der Waals surface area contributed by atoms with Crippen LogP contribution in [0.2, 0.25) is 0 Å². The molecule has 3 N–H and O–H groups in total. The number of nitrogens with zero attached hydrogens (tertiary/aromatic N) is 1. The SMILES string of the molecule is CCN(C(C)C(=O)NC(C)C)C1CCCC1CN. The average Bonchev–Trinajstić information content (AvgIpc) is 2.77.